The quantitative estimate of drug-likeness (QED) is 0.0179. The van der Waals surface area contributed by atoms with Crippen molar-refractivity contribution in [1.29, 1.82) is 0 Å². The van der Waals surface area contributed by atoms with E-state index in [2.05, 4.69) is 103 Å². The van der Waals surface area contributed by atoms with Crippen LogP contribution in [0.2, 0.25) is 0 Å². The van der Waals surface area contributed by atoms with Gasteiger partial charge in [-0.3, -0.25) is 8.78 Å². The minimum Gasteiger partial charge on any atom is -0.462 e. The molecule has 4 saturated heterocycles. The smallest absolute Gasteiger partial charge is 0.452 e. The molecule has 6 fully saturated rings. The number of rotatable bonds is 63. The van der Waals surface area contributed by atoms with Gasteiger partial charge in [-0.2, -0.15) is 105 Å². The number of hydrogen-bond acceptors (Lipinski definition) is 29. The summed E-state index contributed by atoms with van der Waals surface area (Å²) in [5.74, 6) is -52.3. The summed E-state index contributed by atoms with van der Waals surface area (Å²) in [6.45, 7) is -22.0. The molecule has 0 aromatic rings. The molecule has 10 atom stereocenters. The van der Waals surface area contributed by atoms with Gasteiger partial charge in [-0.1, -0.05) is 46.1 Å². The van der Waals surface area contributed by atoms with Crippen LogP contribution >= 0.6 is 0 Å². The van der Waals surface area contributed by atoms with E-state index in [1.54, 1.807) is 9.88 Å². The molecular formula is C78H86F40O29. The lowest BCUT2D eigenvalue weighted by Gasteiger charge is -2.68. The fourth-order valence-electron chi connectivity index (χ4n) is 10.9. The van der Waals surface area contributed by atoms with Crippen molar-refractivity contribution in [3.63, 3.8) is 0 Å². The number of carbonyl (C=O) groups excluding carboxylic acids is 7. The van der Waals surface area contributed by atoms with Crippen LogP contribution in [0.15, 0.2) is 88.6 Å². The Morgan fingerprint density at radius 1 is 0.320 bits per heavy atom. The number of esters is 7. The molecule has 0 spiro atoms. The Labute approximate surface area is 800 Å². The molecule has 147 heavy (non-hydrogen) atoms. The zero-order valence-corrected chi connectivity index (χ0v) is 74.8. The molecule has 4 aliphatic heterocycles. The lowest BCUT2D eigenvalue weighted by Crippen LogP contribution is -2.97. The van der Waals surface area contributed by atoms with Gasteiger partial charge in [0, 0.05) is 42.5 Å². The SMILES string of the molecule is C=CC(=O)OCC(F)(F)C(F)(F)OC(F)(F)C(C)(CF)CF.C=CC(=O)OCC(F)(F)C(F)(F)OF.C=CC(=O)OCC(F)(F)C(F)(F)OF.C=CC(=O)OCCC(F)(F)OCC(COCC(F)(F)COC(=O)C=C)(C(F)(F)OCC(F)(F)COC(=O)C=C)C(F)(F)OCC(F)(F)COC(=O)C=C.FC1(COCC2CO2)CCC(F)(COCC2CO2)C2(F)C(F)(COCC3CO3)C(F)(F)C(F)(F)C(F)(COCC3CO3)C12F. The fraction of sp³-hybridized carbons (Fsp3) is 0.731. The topological polar surface area (TPSA) is 336 Å². The van der Waals surface area contributed by atoms with Crippen LogP contribution in [-0.2, 0) is 138 Å². The second kappa shape index (κ2) is 52.4. The van der Waals surface area contributed by atoms with Crippen LogP contribution in [0.25, 0.3) is 0 Å². The number of alkyl halides is 38. The van der Waals surface area contributed by atoms with Gasteiger partial charge in [0.25, 0.3) is 0 Å². The third-order valence-electron chi connectivity index (χ3n) is 19.7. The van der Waals surface area contributed by atoms with E-state index in [1.807, 2.05) is 0 Å². The van der Waals surface area contributed by atoms with Crippen molar-refractivity contribution in [3.05, 3.63) is 88.6 Å². The molecular weight excluding hydrogens is 2160 g/mol. The van der Waals surface area contributed by atoms with E-state index < -0.39 is 366 Å². The van der Waals surface area contributed by atoms with E-state index in [1.165, 1.54) is 0 Å². The number of ether oxygens (including phenoxy) is 20. The highest BCUT2D eigenvalue weighted by atomic mass is 19.4. The maximum Gasteiger partial charge on any atom is 0.452 e. The van der Waals surface area contributed by atoms with E-state index in [0.717, 1.165) is 0 Å². The molecule has 852 valence electrons. The summed E-state index contributed by atoms with van der Waals surface area (Å²) in [5.41, 5.74) is -40.2. The van der Waals surface area contributed by atoms with Crippen molar-refractivity contribution >= 4 is 41.8 Å². The van der Waals surface area contributed by atoms with Crippen molar-refractivity contribution in [2.24, 2.45) is 10.8 Å². The maximum absolute atomic E-state index is 17.8. The van der Waals surface area contributed by atoms with Gasteiger partial charge in [0.1, 0.15) is 63.0 Å². The highest BCUT2D eigenvalue weighted by Gasteiger charge is 3.04. The molecule has 0 radical (unpaired) electrons. The van der Waals surface area contributed by atoms with Crippen LogP contribution in [0.5, 0.6) is 0 Å². The summed E-state index contributed by atoms with van der Waals surface area (Å²) in [7, 11) is 0. The van der Waals surface area contributed by atoms with Gasteiger partial charge in [0.15, 0.2) is 56.4 Å². The first-order chi connectivity index (χ1) is 67.0. The van der Waals surface area contributed by atoms with Crippen molar-refractivity contribution in [1.82, 2.24) is 0 Å². The van der Waals surface area contributed by atoms with Crippen molar-refractivity contribution in [2.75, 3.05) is 172 Å². The van der Waals surface area contributed by atoms with Gasteiger partial charge >= 0.3 is 132 Å². The molecule has 69 heteroatoms. The third-order valence-corrected chi connectivity index (χ3v) is 19.7. The van der Waals surface area contributed by atoms with Gasteiger partial charge < -0.3 is 90.0 Å². The van der Waals surface area contributed by atoms with E-state index in [-0.39, 0.29) is 33.4 Å². The Bertz CT molecular complexity index is 4150. The summed E-state index contributed by atoms with van der Waals surface area (Å²) < 4.78 is 652. The Balaban J connectivity index is 0.000000687. The van der Waals surface area contributed by atoms with Crippen molar-refractivity contribution in [2.45, 2.75) is 175 Å². The zero-order valence-electron chi connectivity index (χ0n) is 74.8. The first kappa shape index (κ1) is 134. The highest BCUT2D eigenvalue weighted by molar-refractivity contribution is 5.83. The predicted molar refractivity (Wildman–Crippen MR) is 398 cm³/mol. The predicted octanol–water partition coefficient (Wildman–Crippen LogP) is 15.2. The van der Waals surface area contributed by atoms with Crippen LogP contribution in [-0.4, -0.2) is 362 Å². The molecule has 0 N–H and O–H groups in total. The second-order valence-electron chi connectivity index (χ2n) is 31.3. The van der Waals surface area contributed by atoms with Crippen LogP contribution in [0, 0.1) is 10.8 Å². The minimum absolute atomic E-state index is 0.0188. The van der Waals surface area contributed by atoms with Gasteiger partial charge in [-0.25, -0.2) is 91.0 Å². The molecule has 6 aliphatic rings. The van der Waals surface area contributed by atoms with Crippen molar-refractivity contribution in [3.8, 4) is 0 Å². The van der Waals surface area contributed by atoms with Crippen molar-refractivity contribution < 1.29 is 314 Å². The van der Waals surface area contributed by atoms with Crippen LogP contribution in [0.4, 0.5) is 176 Å². The highest BCUT2D eigenvalue weighted by Crippen LogP contribution is 2.76. The molecule has 0 aromatic heterocycles. The number of epoxide rings is 4. The lowest BCUT2D eigenvalue weighted by atomic mass is 9.44. The summed E-state index contributed by atoms with van der Waals surface area (Å²) in [4.78, 5) is 79.0. The lowest BCUT2D eigenvalue weighted by molar-refractivity contribution is -0.463. The fourth-order valence-corrected chi connectivity index (χ4v) is 10.9. The summed E-state index contributed by atoms with van der Waals surface area (Å²) in [5, 5.41) is 0. The molecule has 2 aliphatic carbocycles. The molecule has 0 bridgehead atoms. The average Bonchev–Trinajstić information content (AvgIpc) is 1.14. The van der Waals surface area contributed by atoms with E-state index in [9.17, 15) is 148 Å². The first-order valence-corrected chi connectivity index (χ1v) is 40.0. The number of fused-ring (bicyclic) bond motifs is 1. The van der Waals surface area contributed by atoms with Crippen LogP contribution < -0.4 is 0 Å². The standard InChI is InChI=1S/C29H32F12O12.C26H32F10O8.C11H12F8O3.2C6H5F5O3/c1-5-19(42)47-10-9-27(36,37)51-12-23(11-46-13-24(30,31)14-48-20(43)6-2,28(38,39)52-17-25(32,33)15-49-21(44)7-3)29(40,41)53-18-26(34,35)16-50-22(45)8-4;27-19(11-37-3-15-7-41-15)1-2-20(28,12-38-4-16-8-42-16)24(32)22(30,14-40-6-18-10-44-18)26(35,36)25(33,34)21(29,23(19,24)31)13-39-5-17-9-43-17;1-3-7(20)21-6-9(14,15)11(18,19)22-10(16,17)8(2,4-12)5-13;2*1-2-4(12)13-3-5(7,8)6(9,10)14-11/h5-8H,1-4,9-18H2;15-18H,1-14H2;3H,1,4-6H2,2H3;2*2H,1,3H2. The van der Waals surface area contributed by atoms with E-state index in [0.29, 0.717) is 42.5 Å². The molecule has 4 heterocycles. The molecule has 10 unspecified atom stereocenters. The Morgan fingerprint density at radius 2 is 0.578 bits per heavy atom. The molecule has 0 amide bonds. The van der Waals surface area contributed by atoms with Gasteiger partial charge in [0.2, 0.25) is 22.7 Å². The van der Waals surface area contributed by atoms with E-state index in [4.69, 9.17) is 37.9 Å². The summed E-state index contributed by atoms with van der Waals surface area (Å²) in [6.07, 6.45) is -44.0. The minimum atomic E-state index is -6.54. The number of halogens is 40. The van der Waals surface area contributed by atoms with E-state index >= 15 is 61.5 Å². The zero-order chi connectivity index (χ0) is 114. The molecule has 0 aromatic carbocycles. The summed E-state index contributed by atoms with van der Waals surface area (Å²) in [6, 6.07) is 0. The molecule has 6 rings (SSSR count). The normalized spacial score (nSPS) is 24.0. The maximum atomic E-state index is 17.8. The van der Waals surface area contributed by atoms with Crippen LogP contribution in [0.3, 0.4) is 0 Å². The largest absolute Gasteiger partial charge is 0.462 e. The monoisotopic (exact) mass is 2250 g/mol. The van der Waals surface area contributed by atoms with Crippen LogP contribution in [0.1, 0.15) is 26.2 Å². The molecule has 2 saturated carbocycles. The third kappa shape index (κ3) is 34.8. The molecule has 29 nitrogen and oxygen atoms in total. The van der Waals surface area contributed by atoms with Gasteiger partial charge in [-0.15, -0.1) is 9.88 Å². The average molecular weight is 2250 g/mol. The number of hydrogen-bond donors (Lipinski definition) is 0. The van der Waals surface area contributed by atoms with Gasteiger partial charge in [-0.05, 0) is 28.8 Å². The summed E-state index contributed by atoms with van der Waals surface area (Å²) >= 11 is 0. The second-order valence-corrected chi connectivity index (χ2v) is 31.3. The Kier molecular flexibility index (Phi) is 47.8. The number of carbonyl (C=O) groups is 7. The van der Waals surface area contributed by atoms with Gasteiger partial charge in [0.05, 0.1) is 106 Å². The Hall–Kier alpha value is -8.93. The first-order valence-electron chi connectivity index (χ1n) is 40.0. The Morgan fingerprint density at radius 3 is 0.844 bits per heavy atom.